The van der Waals surface area contributed by atoms with Crippen molar-refractivity contribution in [1.29, 1.82) is 0 Å². The minimum absolute atomic E-state index is 0.291. The molecule has 6 nitrogen and oxygen atoms in total. The standard InChI is InChI=1S/C13H14FNO5/c1-7(2)12(16)11(13(17)20-3)9-6-8(14)4-5-10(9)15(18)19/h4-7,11H,1-3H3. The summed E-state index contributed by atoms with van der Waals surface area (Å²) in [4.78, 5) is 34.0. The fraction of sp³-hybridized carbons (Fsp3) is 0.385. The van der Waals surface area contributed by atoms with E-state index < -0.39 is 40.0 Å². The van der Waals surface area contributed by atoms with Gasteiger partial charge in [-0.3, -0.25) is 19.7 Å². The molecule has 0 aliphatic carbocycles. The number of carbonyl (C=O) groups is 2. The Kier molecular flexibility index (Phi) is 4.90. The molecule has 0 fully saturated rings. The van der Waals surface area contributed by atoms with Gasteiger partial charge < -0.3 is 4.74 Å². The zero-order valence-corrected chi connectivity index (χ0v) is 11.3. The monoisotopic (exact) mass is 283 g/mol. The van der Waals surface area contributed by atoms with Gasteiger partial charge in [-0.05, 0) is 12.1 Å². The number of rotatable bonds is 5. The number of nitro benzene ring substituents is 1. The third-order valence-electron chi connectivity index (χ3n) is 2.79. The second kappa shape index (κ2) is 6.23. The molecule has 0 spiro atoms. The number of ketones is 1. The van der Waals surface area contributed by atoms with Gasteiger partial charge in [0.25, 0.3) is 5.69 Å². The van der Waals surface area contributed by atoms with Gasteiger partial charge in [0.15, 0.2) is 5.78 Å². The number of Topliss-reactive ketones (excluding diaryl/α,β-unsaturated/α-hetero) is 1. The van der Waals surface area contributed by atoms with Crippen molar-refractivity contribution in [1.82, 2.24) is 0 Å². The first-order chi connectivity index (χ1) is 9.29. The average molecular weight is 283 g/mol. The summed E-state index contributed by atoms with van der Waals surface area (Å²) in [5.41, 5.74) is -0.781. The number of halogens is 1. The van der Waals surface area contributed by atoms with E-state index in [4.69, 9.17) is 0 Å². The Balaban J connectivity index is 3.48. The first kappa shape index (κ1) is 15.7. The van der Waals surface area contributed by atoms with Crippen molar-refractivity contribution < 1.29 is 23.6 Å². The van der Waals surface area contributed by atoms with Gasteiger partial charge in [-0.15, -0.1) is 0 Å². The third kappa shape index (κ3) is 3.17. The normalized spacial score (nSPS) is 12.1. The summed E-state index contributed by atoms with van der Waals surface area (Å²) in [6.45, 7) is 3.09. The summed E-state index contributed by atoms with van der Waals surface area (Å²) in [5, 5.41) is 11.0. The maximum atomic E-state index is 13.3. The lowest BCUT2D eigenvalue weighted by Gasteiger charge is -2.16. The summed E-state index contributed by atoms with van der Waals surface area (Å²) in [5.74, 6) is -4.34. The first-order valence-corrected chi connectivity index (χ1v) is 5.85. The molecule has 0 aliphatic heterocycles. The molecule has 0 saturated carbocycles. The molecule has 0 saturated heterocycles. The molecule has 0 aliphatic rings. The molecule has 0 bridgehead atoms. The summed E-state index contributed by atoms with van der Waals surface area (Å²) in [7, 11) is 1.06. The summed E-state index contributed by atoms with van der Waals surface area (Å²) in [6.07, 6.45) is 0. The van der Waals surface area contributed by atoms with Crippen LogP contribution >= 0.6 is 0 Å². The molecule has 20 heavy (non-hydrogen) atoms. The van der Waals surface area contributed by atoms with Gasteiger partial charge >= 0.3 is 5.97 Å². The molecule has 0 aromatic heterocycles. The lowest BCUT2D eigenvalue weighted by molar-refractivity contribution is -0.385. The first-order valence-electron chi connectivity index (χ1n) is 5.85. The predicted octanol–water partition coefficient (Wildman–Crippen LogP) is 2.22. The molecular weight excluding hydrogens is 269 g/mol. The second-order valence-electron chi connectivity index (χ2n) is 4.47. The van der Waals surface area contributed by atoms with Gasteiger partial charge in [-0.2, -0.15) is 0 Å². The van der Waals surface area contributed by atoms with Crippen LogP contribution in [0.1, 0.15) is 25.3 Å². The minimum Gasteiger partial charge on any atom is -0.468 e. The number of nitrogens with zero attached hydrogens (tertiary/aromatic N) is 1. The van der Waals surface area contributed by atoms with Gasteiger partial charge in [0.2, 0.25) is 0 Å². The summed E-state index contributed by atoms with van der Waals surface area (Å²) >= 11 is 0. The highest BCUT2D eigenvalue weighted by molar-refractivity contribution is 6.06. The molecule has 7 heteroatoms. The molecule has 0 N–H and O–H groups in total. The average Bonchev–Trinajstić information content (AvgIpc) is 2.38. The van der Waals surface area contributed by atoms with E-state index in [9.17, 15) is 24.1 Å². The number of hydrogen-bond donors (Lipinski definition) is 0. The fourth-order valence-electron chi connectivity index (χ4n) is 1.77. The van der Waals surface area contributed by atoms with Gasteiger partial charge in [0.05, 0.1) is 17.6 Å². The van der Waals surface area contributed by atoms with Gasteiger partial charge in [-0.1, -0.05) is 13.8 Å². The Bertz CT molecular complexity index is 556. The molecule has 1 rings (SSSR count). The van der Waals surface area contributed by atoms with Crippen molar-refractivity contribution in [2.45, 2.75) is 19.8 Å². The molecule has 1 atom stereocenters. The summed E-state index contributed by atoms with van der Waals surface area (Å²) < 4.78 is 17.8. The van der Waals surface area contributed by atoms with Crippen LogP contribution in [0.5, 0.6) is 0 Å². The van der Waals surface area contributed by atoms with E-state index in [0.717, 1.165) is 25.3 Å². The summed E-state index contributed by atoms with van der Waals surface area (Å²) in [6, 6.07) is 2.64. The van der Waals surface area contributed by atoms with Crippen LogP contribution in [0.25, 0.3) is 0 Å². The molecule has 1 aromatic carbocycles. The second-order valence-corrected chi connectivity index (χ2v) is 4.47. The number of carbonyl (C=O) groups excluding carboxylic acids is 2. The molecule has 0 amide bonds. The van der Waals surface area contributed by atoms with Crippen LogP contribution in [-0.4, -0.2) is 23.8 Å². The van der Waals surface area contributed by atoms with Crippen LogP contribution in [0.3, 0.4) is 0 Å². The van der Waals surface area contributed by atoms with Crippen molar-refractivity contribution in [2.24, 2.45) is 5.92 Å². The SMILES string of the molecule is COC(=O)C(C(=O)C(C)C)c1cc(F)ccc1[N+](=O)[O-]. The van der Waals surface area contributed by atoms with E-state index in [0.29, 0.717) is 0 Å². The maximum Gasteiger partial charge on any atom is 0.321 e. The van der Waals surface area contributed by atoms with Crippen LogP contribution in [0.15, 0.2) is 18.2 Å². The van der Waals surface area contributed by atoms with Gasteiger partial charge in [-0.25, -0.2) is 4.39 Å². The van der Waals surface area contributed by atoms with E-state index >= 15 is 0 Å². The number of ether oxygens (including phenoxy) is 1. The van der Waals surface area contributed by atoms with E-state index in [1.807, 2.05) is 0 Å². The Hall–Kier alpha value is -2.31. The zero-order valence-electron chi connectivity index (χ0n) is 11.3. The third-order valence-corrected chi connectivity index (χ3v) is 2.79. The Morgan fingerprint density at radius 1 is 1.35 bits per heavy atom. The molecule has 1 aromatic rings. The quantitative estimate of drug-likeness (QED) is 0.358. The van der Waals surface area contributed by atoms with E-state index in [1.165, 1.54) is 0 Å². The minimum atomic E-state index is -1.50. The lowest BCUT2D eigenvalue weighted by Crippen LogP contribution is -2.27. The van der Waals surface area contributed by atoms with Crippen molar-refractivity contribution in [2.75, 3.05) is 7.11 Å². The van der Waals surface area contributed by atoms with E-state index in [2.05, 4.69) is 4.74 Å². The fourth-order valence-corrected chi connectivity index (χ4v) is 1.77. The van der Waals surface area contributed by atoms with Crippen LogP contribution in [0.2, 0.25) is 0 Å². The largest absolute Gasteiger partial charge is 0.468 e. The van der Waals surface area contributed by atoms with Crippen molar-refractivity contribution in [3.8, 4) is 0 Å². The Morgan fingerprint density at radius 2 is 1.95 bits per heavy atom. The number of methoxy groups -OCH3 is 1. The topological polar surface area (TPSA) is 86.5 Å². The molecular formula is C13H14FNO5. The number of esters is 1. The smallest absolute Gasteiger partial charge is 0.321 e. The van der Waals surface area contributed by atoms with Crippen LogP contribution < -0.4 is 0 Å². The zero-order chi connectivity index (χ0) is 15.4. The molecule has 0 radical (unpaired) electrons. The predicted molar refractivity (Wildman–Crippen MR) is 67.7 cm³/mol. The van der Waals surface area contributed by atoms with Crippen molar-refractivity contribution >= 4 is 17.4 Å². The van der Waals surface area contributed by atoms with Crippen LogP contribution in [-0.2, 0) is 14.3 Å². The highest BCUT2D eigenvalue weighted by Crippen LogP contribution is 2.30. The van der Waals surface area contributed by atoms with Crippen LogP contribution in [0.4, 0.5) is 10.1 Å². The maximum absolute atomic E-state index is 13.3. The van der Waals surface area contributed by atoms with E-state index in [1.54, 1.807) is 13.8 Å². The number of benzene rings is 1. The highest BCUT2D eigenvalue weighted by Gasteiger charge is 2.36. The number of hydrogen-bond acceptors (Lipinski definition) is 5. The molecule has 1 unspecified atom stereocenters. The van der Waals surface area contributed by atoms with Crippen molar-refractivity contribution in [3.05, 3.63) is 39.7 Å². The Morgan fingerprint density at radius 3 is 2.40 bits per heavy atom. The highest BCUT2D eigenvalue weighted by atomic mass is 19.1. The number of nitro groups is 1. The van der Waals surface area contributed by atoms with Gasteiger partial charge in [0.1, 0.15) is 11.7 Å². The lowest BCUT2D eigenvalue weighted by atomic mass is 9.88. The van der Waals surface area contributed by atoms with E-state index in [-0.39, 0.29) is 5.56 Å². The Labute approximate surface area is 114 Å². The molecule has 0 heterocycles. The van der Waals surface area contributed by atoms with Gasteiger partial charge in [0, 0.05) is 12.0 Å². The van der Waals surface area contributed by atoms with Crippen LogP contribution in [0, 0.1) is 21.8 Å². The molecule has 108 valence electrons. The van der Waals surface area contributed by atoms with Crippen molar-refractivity contribution in [3.63, 3.8) is 0 Å².